The maximum absolute atomic E-state index is 14.6. The van der Waals surface area contributed by atoms with Gasteiger partial charge in [-0.1, -0.05) is 0 Å². The second-order valence-electron chi connectivity index (χ2n) is 17.6. The standard InChI is InChI=1S/C60H42Ge2N2O2S/c65-67(66)59-39-37-47(63-55-33-17-13-29-51(55)61(43-21-5-1-6-22-43,44-23-7-2-8-24-44)52-30-14-18-34-56(52)63)41-49(59)50-42-48(38-40-60(50)67)64-57-35-19-15-31-53(57)62(45-25-9-3-10-26-45,46-27-11-4-12-28-46)54-32-16-20-36-58(54)64/h1-42H. The van der Waals surface area contributed by atoms with Gasteiger partial charge in [0.2, 0.25) is 0 Å². The fraction of sp³-hybridized carbons (Fsp3) is 0. The summed E-state index contributed by atoms with van der Waals surface area (Å²) in [6.45, 7) is 0. The van der Waals surface area contributed by atoms with Crippen molar-refractivity contribution in [1.82, 2.24) is 0 Å². The zero-order chi connectivity index (χ0) is 44.7. The molecular weight excluding hydrogens is 958 g/mol. The van der Waals surface area contributed by atoms with Gasteiger partial charge in [-0.2, -0.15) is 0 Å². The molecule has 0 aliphatic carbocycles. The Morgan fingerprint density at radius 3 is 0.821 bits per heavy atom. The molecule has 3 aliphatic rings. The molecule has 13 rings (SSSR count). The van der Waals surface area contributed by atoms with E-state index in [1.54, 1.807) is 0 Å². The predicted molar refractivity (Wildman–Crippen MR) is 281 cm³/mol. The van der Waals surface area contributed by atoms with Gasteiger partial charge >= 0.3 is 400 Å². The summed E-state index contributed by atoms with van der Waals surface area (Å²) in [5, 5.41) is 0. The van der Waals surface area contributed by atoms with E-state index in [0.29, 0.717) is 20.9 Å². The third-order valence-electron chi connectivity index (χ3n) is 14.3. The summed E-state index contributed by atoms with van der Waals surface area (Å²) in [5.74, 6) is 0. The summed E-state index contributed by atoms with van der Waals surface area (Å²) in [4.78, 5) is 5.41. The van der Waals surface area contributed by atoms with Crippen molar-refractivity contribution >= 4 is 106 Å². The Morgan fingerprint density at radius 2 is 0.537 bits per heavy atom. The molecular formula is C60H42Ge2N2O2S. The molecule has 318 valence electrons. The molecule has 0 atom stereocenters. The third kappa shape index (κ3) is 5.69. The molecule has 0 fully saturated rings. The second kappa shape index (κ2) is 15.5. The molecule has 0 radical (unpaired) electrons. The summed E-state index contributed by atoms with van der Waals surface area (Å²) < 4.78 is 40.1. The number of hydrogen-bond donors (Lipinski definition) is 0. The van der Waals surface area contributed by atoms with Crippen molar-refractivity contribution in [3.63, 3.8) is 0 Å². The summed E-state index contributed by atoms with van der Waals surface area (Å²) in [6.07, 6.45) is 0. The van der Waals surface area contributed by atoms with E-state index in [1.165, 1.54) is 35.2 Å². The molecule has 0 saturated heterocycles. The third-order valence-corrected chi connectivity index (χ3v) is 36.6. The minimum absolute atomic E-state index is 0.337. The monoisotopic (exact) mass is 1000 g/mol. The molecule has 4 nitrogen and oxygen atoms in total. The average Bonchev–Trinajstić information content (AvgIpc) is 3.62. The van der Waals surface area contributed by atoms with E-state index in [1.807, 2.05) is 24.3 Å². The van der Waals surface area contributed by atoms with E-state index in [-0.39, 0.29) is 0 Å². The van der Waals surface area contributed by atoms with Gasteiger partial charge in [-0.25, -0.2) is 0 Å². The molecule has 0 bridgehead atoms. The fourth-order valence-electron chi connectivity index (χ4n) is 11.7. The van der Waals surface area contributed by atoms with Crippen LogP contribution in [0, 0.1) is 0 Å². The predicted octanol–water partition coefficient (Wildman–Crippen LogP) is 8.82. The van der Waals surface area contributed by atoms with E-state index in [4.69, 9.17) is 0 Å². The van der Waals surface area contributed by atoms with E-state index < -0.39 is 36.4 Å². The van der Waals surface area contributed by atoms with E-state index >= 15 is 0 Å². The first-order chi connectivity index (χ1) is 33.0. The number of hydrogen-bond acceptors (Lipinski definition) is 4. The first-order valence-corrected chi connectivity index (χ1v) is 32.6. The van der Waals surface area contributed by atoms with Gasteiger partial charge in [-0.05, 0) is 0 Å². The molecule has 10 aromatic rings. The van der Waals surface area contributed by atoms with Crippen LogP contribution in [0.1, 0.15) is 0 Å². The van der Waals surface area contributed by atoms with Crippen LogP contribution in [0.3, 0.4) is 0 Å². The average molecular weight is 1000 g/mol. The van der Waals surface area contributed by atoms with Crippen LogP contribution < -0.4 is 45.0 Å². The number of nitrogens with zero attached hydrogens (tertiary/aromatic N) is 2. The Balaban J connectivity index is 1.01. The molecule has 7 heteroatoms. The fourth-order valence-corrected chi connectivity index (χ4v) is 34.8. The molecule has 0 N–H and O–H groups in total. The van der Waals surface area contributed by atoms with Crippen LogP contribution in [0.4, 0.5) is 34.1 Å². The van der Waals surface area contributed by atoms with Gasteiger partial charge in [0.1, 0.15) is 0 Å². The van der Waals surface area contributed by atoms with Crippen LogP contribution >= 0.6 is 0 Å². The van der Waals surface area contributed by atoms with Gasteiger partial charge < -0.3 is 0 Å². The molecule has 3 aliphatic heterocycles. The Hall–Kier alpha value is -7.16. The van der Waals surface area contributed by atoms with Gasteiger partial charge in [0.25, 0.3) is 0 Å². The van der Waals surface area contributed by atoms with Crippen LogP contribution in [0.15, 0.2) is 265 Å². The topological polar surface area (TPSA) is 40.6 Å². The SMILES string of the molecule is O=S1(=O)c2ccc(N3c4cccc[c]4[Ge]([c]4ccccc4)([c]4ccccc4)[c]4ccccc43)cc2-c2cc(N3c4cccc[c]4[Ge]([c]4ccccc4)([c]4ccccc4)[c]4ccccc43)ccc21. The summed E-state index contributed by atoms with van der Waals surface area (Å²) in [6, 6.07) is 91.7. The van der Waals surface area contributed by atoms with Crippen LogP contribution in [0.5, 0.6) is 0 Å². The number of rotatable bonds is 6. The van der Waals surface area contributed by atoms with Crippen LogP contribution in [0.25, 0.3) is 11.1 Å². The zero-order valence-electron chi connectivity index (χ0n) is 36.4. The number of benzene rings is 10. The van der Waals surface area contributed by atoms with Crippen LogP contribution in [0.2, 0.25) is 0 Å². The molecule has 0 saturated carbocycles. The van der Waals surface area contributed by atoms with Crippen molar-refractivity contribution < 1.29 is 8.42 Å². The Bertz CT molecular complexity index is 3270. The van der Waals surface area contributed by atoms with Crippen LogP contribution in [-0.4, -0.2) is 34.9 Å². The van der Waals surface area contributed by atoms with Gasteiger partial charge in [-0.3, -0.25) is 0 Å². The maximum atomic E-state index is 14.6. The van der Waals surface area contributed by atoms with E-state index in [2.05, 4.69) is 240 Å². The molecule has 0 amide bonds. The Kier molecular flexibility index (Phi) is 9.26. The van der Waals surface area contributed by atoms with Crippen molar-refractivity contribution in [3.8, 4) is 11.1 Å². The normalized spacial score (nSPS) is 15.3. The van der Waals surface area contributed by atoms with Crippen molar-refractivity contribution in [1.29, 1.82) is 0 Å². The summed E-state index contributed by atoms with van der Waals surface area (Å²) in [7, 11) is -3.80. The van der Waals surface area contributed by atoms with E-state index in [9.17, 15) is 8.42 Å². The number of para-hydroxylation sites is 4. The van der Waals surface area contributed by atoms with Crippen molar-refractivity contribution in [2.75, 3.05) is 9.80 Å². The van der Waals surface area contributed by atoms with Crippen LogP contribution in [-0.2, 0) is 9.84 Å². The number of fused-ring (bicyclic) bond motifs is 7. The van der Waals surface area contributed by atoms with Gasteiger partial charge in [0.15, 0.2) is 0 Å². The first-order valence-electron chi connectivity index (χ1n) is 22.8. The van der Waals surface area contributed by atoms with Gasteiger partial charge in [-0.15, -0.1) is 0 Å². The van der Waals surface area contributed by atoms with Crippen molar-refractivity contribution in [2.24, 2.45) is 0 Å². The number of sulfone groups is 1. The summed E-state index contributed by atoms with van der Waals surface area (Å²) >= 11 is -7.21. The quantitative estimate of drug-likeness (QED) is 0.156. The first kappa shape index (κ1) is 40.1. The second-order valence-corrected chi connectivity index (χ2v) is 35.1. The molecule has 10 aromatic carbocycles. The molecule has 0 aromatic heterocycles. The Morgan fingerprint density at radius 1 is 0.284 bits per heavy atom. The molecule has 0 spiro atoms. The van der Waals surface area contributed by atoms with Gasteiger partial charge in [0.05, 0.1) is 0 Å². The van der Waals surface area contributed by atoms with Crippen molar-refractivity contribution in [2.45, 2.75) is 9.79 Å². The number of anilines is 6. The molecule has 0 unspecified atom stereocenters. The molecule has 3 heterocycles. The summed E-state index contributed by atoms with van der Waals surface area (Å²) in [5.41, 5.74) is 7.75. The van der Waals surface area contributed by atoms with Gasteiger partial charge in [0, 0.05) is 0 Å². The zero-order valence-corrected chi connectivity index (χ0v) is 41.4. The Labute approximate surface area is 396 Å². The van der Waals surface area contributed by atoms with E-state index in [0.717, 1.165) is 34.1 Å². The van der Waals surface area contributed by atoms with Crippen molar-refractivity contribution in [3.05, 3.63) is 255 Å². The minimum atomic E-state index is -3.80. The molecule has 67 heavy (non-hydrogen) atoms.